The van der Waals surface area contributed by atoms with Crippen LogP contribution in [0.5, 0.6) is 0 Å². The van der Waals surface area contributed by atoms with Gasteiger partial charge in [0.05, 0.1) is 0 Å². The maximum atomic E-state index is 12.8. The Morgan fingerprint density at radius 2 is 1.58 bits per heavy atom. The van der Waals surface area contributed by atoms with Crippen LogP contribution >= 0.6 is 12.6 Å². The van der Waals surface area contributed by atoms with Crippen LogP contribution in [0.2, 0.25) is 0 Å². The largest absolute Gasteiger partial charge is 0.480 e. The summed E-state index contributed by atoms with van der Waals surface area (Å²) in [6, 6.07) is 18.8. The van der Waals surface area contributed by atoms with Crippen molar-refractivity contribution in [3.63, 3.8) is 0 Å². The molecule has 0 aliphatic rings. The van der Waals surface area contributed by atoms with Gasteiger partial charge in [0.2, 0.25) is 5.91 Å². The number of hydrogen-bond acceptors (Lipinski definition) is 3. The highest BCUT2D eigenvalue weighted by Crippen LogP contribution is 2.20. The lowest BCUT2D eigenvalue weighted by Gasteiger charge is -2.25. The van der Waals surface area contributed by atoms with E-state index in [4.69, 9.17) is 5.11 Å². The minimum Gasteiger partial charge on any atom is -0.480 e. The zero-order valence-corrected chi connectivity index (χ0v) is 14.2. The van der Waals surface area contributed by atoms with Gasteiger partial charge < -0.3 is 10.0 Å². The van der Waals surface area contributed by atoms with Crippen molar-refractivity contribution >= 4 is 30.2 Å². The number of benzene rings is 2. The SMILES string of the molecule is O=C(O)CN(C(=O)[C@@H](CS)CCc1ccccc1)c1ccccc1. The smallest absolute Gasteiger partial charge is 0.323 e. The molecule has 2 aromatic rings. The lowest BCUT2D eigenvalue weighted by molar-refractivity contribution is -0.137. The number of hydrogen-bond donors (Lipinski definition) is 2. The molecule has 0 saturated carbocycles. The van der Waals surface area contributed by atoms with Crippen molar-refractivity contribution in [2.45, 2.75) is 12.8 Å². The van der Waals surface area contributed by atoms with Gasteiger partial charge in [0, 0.05) is 17.4 Å². The van der Waals surface area contributed by atoms with Crippen molar-refractivity contribution in [1.29, 1.82) is 0 Å². The second kappa shape index (κ2) is 9.13. The van der Waals surface area contributed by atoms with Gasteiger partial charge in [0.15, 0.2) is 0 Å². The second-order valence-electron chi connectivity index (χ2n) is 5.56. The standard InChI is InChI=1S/C19H21NO3S/c21-18(22)13-20(17-9-5-2-6-10-17)19(23)16(14-24)12-11-15-7-3-1-4-8-15/h1-10,16,24H,11-14H2,(H,21,22)/t16-/m1/s1. The van der Waals surface area contributed by atoms with Gasteiger partial charge in [-0.15, -0.1) is 0 Å². The first-order valence-corrected chi connectivity index (χ1v) is 8.48. The van der Waals surface area contributed by atoms with E-state index in [1.807, 2.05) is 36.4 Å². The third-order valence-electron chi connectivity index (χ3n) is 3.82. The van der Waals surface area contributed by atoms with Crippen LogP contribution in [0, 0.1) is 5.92 Å². The Balaban J connectivity index is 2.12. The Morgan fingerprint density at radius 3 is 2.12 bits per heavy atom. The third kappa shape index (κ3) is 5.13. The van der Waals surface area contributed by atoms with Gasteiger partial charge in [-0.25, -0.2) is 0 Å². The Hall–Kier alpha value is -2.27. The first-order valence-electron chi connectivity index (χ1n) is 7.85. The highest BCUT2D eigenvalue weighted by Gasteiger charge is 2.26. The van der Waals surface area contributed by atoms with E-state index in [0.717, 1.165) is 12.0 Å². The highest BCUT2D eigenvalue weighted by atomic mass is 32.1. The quantitative estimate of drug-likeness (QED) is 0.723. The number of carbonyl (C=O) groups excluding carboxylic acids is 1. The summed E-state index contributed by atoms with van der Waals surface area (Å²) >= 11 is 4.30. The lowest BCUT2D eigenvalue weighted by Crippen LogP contribution is -2.40. The minimum absolute atomic E-state index is 0.200. The summed E-state index contributed by atoms with van der Waals surface area (Å²) < 4.78 is 0. The fourth-order valence-corrected chi connectivity index (χ4v) is 2.88. The zero-order valence-electron chi connectivity index (χ0n) is 13.3. The fraction of sp³-hybridized carbons (Fsp3) is 0.263. The summed E-state index contributed by atoms with van der Waals surface area (Å²) in [6.45, 7) is -0.349. The number of aliphatic carboxylic acids is 1. The molecule has 0 aliphatic carbocycles. The predicted molar refractivity (Wildman–Crippen MR) is 98.5 cm³/mol. The lowest BCUT2D eigenvalue weighted by atomic mass is 9.99. The normalized spacial score (nSPS) is 11.7. The topological polar surface area (TPSA) is 57.6 Å². The first-order chi connectivity index (χ1) is 11.6. The number of aryl methyl sites for hydroxylation is 1. The fourth-order valence-electron chi connectivity index (χ4n) is 2.54. The molecule has 0 unspecified atom stereocenters. The molecule has 0 radical (unpaired) electrons. The average Bonchev–Trinajstić information content (AvgIpc) is 2.61. The molecule has 0 bridgehead atoms. The monoisotopic (exact) mass is 343 g/mol. The van der Waals surface area contributed by atoms with E-state index in [1.54, 1.807) is 24.3 Å². The van der Waals surface area contributed by atoms with Crippen LogP contribution in [-0.4, -0.2) is 29.3 Å². The van der Waals surface area contributed by atoms with E-state index in [0.29, 0.717) is 17.9 Å². The van der Waals surface area contributed by atoms with E-state index in [9.17, 15) is 9.59 Å². The summed E-state index contributed by atoms with van der Waals surface area (Å²) in [5.74, 6) is -1.18. The number of nitrogens with zero attached hydrogens (tertiary/aromatic N) is 1. The molecule has 0 aliphatic heterocycles. The minimum atomic E-state index is -1.03. The molecule has 0 fully saturated rings. The summed E-state index contributed by atoms with van der Waals surface area (Å²) in [5.41, 5.74) is 1.75. The Bertz CT molecular complexity index is 661. The van der Waals surface area contributed by atoms with Crippen LogP contribution in [0.4, 0.5) is 5.69 Å². The summed E-state index contributed by atoms with van der Waals surface area (Å²) in [6.07, 6.45) is 1.39. The number of para-hydroxylation sites is 1. The number of carboxylic acids is 1. The first kappa shape index (κ1) is 18.1. The predicted octanol–water partition coefficient (Wildman–Crippen LogP) is 3.28. The van der Waals surface area contributed by atoms with Crippen LogP contribution < -0.4 is 4.90 Å². The van der Waals surface area contributed by atoms with Gasteiger partial charge >= 0.3 is 5.97 Å². The van der Waals surface area contributed by atoms with Gasteiger partial charge in [-0.05, 0) is 30.5 Å². The van der Waals surface area contributed by atoms with E-state index in [-0.39, 0.29) is 18.4 Å². The Labute approximate surface area is 147 Å². The molecule has 2 aromatic carbocycles. The van der Waals surface area contributed by atoms with Gasteiger partial charge in [-0.1, -0.05) is 48.5 Å². The number of thiol groups is 1. The molecule has 0 heterocycles. The molecule has 24 heavy (non-hydrogen) atoms. The Morgan fingerprint density at radius 1 is 1.00 bits per heavy atom. The zero-order chi connectivity index (χ0) is 17.4. The molecule has 1 amide bonds. The van der Waals surface area contributed by atoms with Crippen LogP contribution in [0.3, 0.4) is 0 Å². The number of anilines is 1. The number of amides is 1. The number of rotatable bonds is 8. The second-order valence-corrected chi connectivity index (χ2v) is 5.92. The van der Waals surface area contributed by atoms with Gasteiger partial charge in [-0.2, -0.15) is 12.6 Å². The van der Waals surface area contributed by atoms with Crippen molar-refractivity contribution in [1.82, 2.24) is 0 Å². The van der Waals surface area contributed by atoms with Crippen molar-refractivity contribution in [2.24, 2.45) is 5.92 Å². The van der Waals surface area contributed by atoms with Crippen LogP contribution in [0.1, 0.15) is 12.0 Å². The van der Waals surface area contributed by atoms with Gasteiger partial charge in [0.25, 0.3) is 0 Å². The summed E-state index contributed by atoms with van der Waals surface area (Å²) in [5, 5.41) is 9.14. The molecule has 1 N–H and O–H groups in total. The molecule has 2 rings (SSSR count). The molecular weight excluding hydrogens is 322 g/mol. The average molecular weight is 343 g/mol. The van der Waals surface area contributed by atoms with Crippen LogP contribution in [0.15, 0.2) is 60.7 Å². The van der Waals surface area contributed by atoms with Gasteiger partial charge in [-0.3, -0.25) is 9.59 Å². The molecular formula is C19H21NO3S. The van der Waals surface area contributed by atoms with Crippen molar-refractivity contribution in [2.75, 3.05) is 17.2 Å². The van der Waals surface area contributed by atoms with Crippen LogP contribution in [-0.2, 0) is 16.0 Å². The maximum Gasteiger partial charge on any atom is 0.323 e. The highest BCUT2D eigenvalue weighted by molar-refractivity contribution is 7.80. The number of carbonyl (C=O) groups is 2. The van der Waals surface area contributed by atoms with Gasteiger partial charge in [0.1, 0.15) is 6.54 Å². The van der Waals surface area contributed by atoms with E-state index in [2.05, 4.69) is 12.6 Å². The van der Waals surface area contributed by atoms with Crippen molar-refractivity contribution in [3.8, 4) is 0 Å². The van der Waals surface area contributed by atoms with E-state index >= 15 is 0 Å². The maximum absolute atomic E-state index is 12.8. The molecule has 5 heteroatoms. The molecule has 0 saturated heterocycles. The molecule has 126 valence electrons. The van der Waals surface area contributed by atoms with Crippen molar-refractivity contribution in [3.05, 3.63) is 66.2 Å². The number of carboxylic acid groups (broad SMARTS) is 1. The summed E-state index contributed by atoms with van der Waals surface area (Å²) in [7, 11) is 0. The third-order valence-corrected chi connectivity index (χ3v) is 4.26. The van der Waals surface area contributed by atoms with E-state index in [1.165, 1.54) is 4.90 Å². The van der Waals surface area contributed by atoms with Crippen LogP contribution in [0.25, 0.3) is 0 Å². The molecule has 4 nitrogen and oxygen atoms in total. The molecule has 0 aromatic heterocycles. The van der Waals surface area contributed by atoms with E-state index < -0.39 is 5.97 Å². The van der Waals surface area contributed by atoms with Crippen molar-refractivity contribution < 1.29 is 14.7 Å². The summed E-state index contributed by atoms with van der Waals surface area (Å²) in [4.78, 5) is 25.3. The Kier molecular flexibility index (Phi) is 6.88. The molecule has 0 spiro atoms. The molecule has 1 atom stereocenters.